The van der Waals surface area contributed by atoms with Crippen molar-refractivity contribution in [2.75, 3.05) is 12.4 Å². The Balaban J connectivity index is 1.95. The highest BCUT2D eigenvalue weighted by Gasteiger charge is 2.18. The highest BCUT2D eigenvalue weighted by Crippen LogP contribution is 2.24. The molecule has 1 aromatic heterocycles. The van der Waals surface area contributed by atoms with Crippen molar-refractivity contribution in [1.82, 2.24) is 5.16 Å². The summed E-state index contributed by atoms with van der Waals surface area (Å²) in [7, 11) is 1.54. The molecule has 0 aliphatic rings. The molecule has 1 heterocycles. The van der Waals surface area contributed by atoms with Gasteiger partial charge in [0.1, 0.15) is 11.5 Å². The normalized spacial score (nSPS) is 12.0. The molecule has 0 saturated heterocycles. The zero-order valence-corrected chi connectivity index (χ0v) is 15.5. The summed E-state index contributed by atoms with van der Waals surface area (Å²) in [5, 5.41) is 6.14. The fourth-order valence-corrected chi connectivity index (χ4v) is 2.29. The molecule has 132 valence electrons. The van der Waals surface area contributed by atoms with Crippen molar-refractivity contribution >= 4 is 39.7 Å². The fraction of sp³-hybridized carbons (Fsp3) is 0.235. The van der Waals surface area contributed by atoms with E-state index in [1.54, 1.807) is 31.2 Å². The first-order valence-corrected chi connectivity index (χ1v) is 8.14. The van der Waals surface area contributed by atoms with E-state index >= 15 is 0 Å². The van der Waals surface area contributed by atoms with E-state index in [-0.39, 0.29) is 5.82 Å². The Morgan fingerprint density at radius 1 is 1.36 bits per heavy atom. The van der Waals surface area contributed by atoms with Crippen molar-refractivity contribution in [2.45, 2.75) is 20.0 Å². The lowest BCUT2D eigenvalue weighted by atomic mass is 10.2. The number of aryl methyl sites for hydroxylation is 1. The number of amides is 1. The molecule has 0 aliphatic carbocycles. The maximum atomic E-state index is 12.0. The Labute approximate surface area is 153 Å². The van der Waals surface area contributed by atoms with E-state index in [0.717, 1.165) is 4.47 Å². The monoisotopic (exact) mass is 408 g/mol. The van der Waals surface area contributed by atoms with Crippen molar-refractivity contribution in [2.24, 2.45) is 0 Å². The number of anilines is 1. The Hall–Kier alpha value is -2.61. The van der Waals surface area contributed by atoms with Crippen LogP contribution < -0.4 is 10.1 Å². The number of carbonyl (C=O) groups is 2. The summed E-state index contributed by atoms with van der Waals surface area (Å²) >= 11 is 3.35. The first-order chi connectivity index (χ1) is 11.9. The molecule has 2 aromatic rings. The molecule has 25 heavy (non-hydrogen) atoms. The molecule has 0 fully saturated rings. The third kappa shape index (κ3) is 5.46. The molecule has 0 bridgehead atoms. The zero-order chi connectivity index (χ0) is 18.4. The molecular formula is C17H17BrN2O5. The predicted octanol–water partition coefficient (Wildman–Crippen LogP) is 3.34. The van der Waals surface area contributed by atoms with Crippen LogP contribution in [-0.2, 0) is 14.3 Å². The Bertz CT molecular complexity index is 800. The van der Waals surface area contributed by atoms with Crippen LogP contribution in [-0.4, -0.2) is 30.2 Å². The van der Waals surface area contributed by atoms with Crippen molar-refractivity contribution in [3.63, 3.8) is 0 Å². The summed E-state index contributed by atoms with van der Waals surface area (Å²) in [5.41, 5.74) is 0.698. The summed E-state index contributed by atoms with van der Waals surface area (Å²) in [6.07, 6.45) is 1.80. The summed E-state index contributed by atoms with van der Waals surface area (Å²) in [6, 6.07) is 6.95. The van der Waals surface area contributed by atoms with Crippen LogP contribution in [0.4, 0.5) is 5.82 Å². The molecule has 1 amide bonds. The number of rotatable bonds is 6. The number of carbonyl (C=O) groups excluding carboxylic acids is 2. The maximum Gasteiger partial charge on any atom is 0.331 e. The number of aromatic nitrogens is 1. The van der Waals surface area contributed by atoms with Crippen LogP contribution in [0.25, 0.3) is 6.08 Å². The number of nitrogens with zero attached hydrogens (tertiary/aromatic N) is 1. The molecule has 8 heteroatoms. The van der Waals surface area contributed by atoms with Gasteiger partial charge < -0.3 is 19.3 Å². The maximum absolute atomic E-state index is 12.0. The molecule has 0 saturated carbocycles. The summed E-state index contributed by atoms with van der Waals surface area (Å²) in [5.74, 6) is 0.279. The molecule has 1 atom stereocenters. The smallest absolute Gasteiger partial charge is 0.331 e. The highest BCUT2D eigenvalue weighted by molar-refractivity contribution is 9.10. The van der Waals surface area contributed by atoms with Gasteiger partial charge in [0.2, 0.25) is 0 Å². The van der Waals surface area contributed by atoms with Crippen LogP contribution in [0.2, 0.25) is 0 Å². The Morgan fingerprint density at radius 3 is 2.76 bits per heavy atom. The van der Waals surface area contributed by atoms with Crippen molar-refractivity contribution in [3.05, 3.63) is 46.1 Å². The third-order valence-electron chi connectivity index (χ3n) is 3.13. The van der Waals surface area contributed by atoms with Crippen molar-refractivity contribution < 1.29 is 23.6 Å². The van der Waals surface area contributed by atoms with Gasteiger partial charge in [0.05, 0.1) is 7.11 Å². The quantitative estimate of drug-likeness (QED) is 0.582. The predicted molar refractivity (Wildman–Crippen MR) is 95.2 cm³/mol. The molecular weight excluding hydrogens is 392 g/mol. The summed E-state index contributed by atoms with van der Waals surface area (Å²) in [4.78, 5) is 23.9. The van der Waals surface area contributed by atoms with Gasteiger partial charge >= 0.3 is 5.97 Å². The molecule has 7 nitrogen and oxygen atoms in total. The minimum atomic E-state index is -0.987. The number of nitrogens with one attached hydrogen (secondary N) is 1. The molecule has 2 rings (SSSR count). The van der Waals surface area contributed by atoms with Crippen LogP contribution in [0, 0.1) is 6.92 Å². The second kappa shape index (κ2) is 8.48. The SMILES string of the molecule is COc1ccc(Br)cc1/C=C/C(=O)OC(C)C(=O)Nc1cc(C)on1. The van der Waals surface area contributed by atoms with Crippen LogP contribution in [0.15, 0.2) is 39.3 Å². The minimum Gasteiger partial charge on any atom is -0.496 e. The van der Waals surface area contributed by atoms with E-state index in [1.165, 1.54) is 20.1 Å². The first-order valence-electron chi connectivity index (χ1n) is 7.35. The molecule has 0 aliphatic heterocycles. The number of methoxy groups -OCH3 is 1. The number of hydrogen-bond acceptors (Lipinski definition) is 6. The van der Waals surface area contributed by atoms with Crippen LogP contribution in [0.5, 0.6) is 5.75 Å². The Kier molecular flexibility index (Phi) is 6.35. The summed E-state index contributed by atoms with van der Waals surface area (Å²) in [6.45, 7) is 3.17. The number of esters is 1. The van der Waals surface area contributed by atoms with Gasteiger partial charge in [0, 0.05) is 22.2 Å². The van der Waals surface area contributed by atoms with Crippen molar-refractivity contribution in [1.29, 1.82) is 0 Å². The van der Waals surface area contributed by atoms with Gasteiger partial charge in [-0.3, -0.25) is 4.79 Å². The van der Waals surface area contributed by atoms with Gasteiger partial charge in [-0.15, -0.1) is 0 Å². The van der Waals surface area contributed by atoms with Gasteiger partial charge in [-0.2, -0.15) is 0 Å². The lowest BCUT2D eigenvalue weighted by Gasteiger charge is -2.10. The number of benzene rings is 1. The van der Waals surface area contributed by atoms with Crippen LogP contribution >= 0.6 is 15.9 Å². The average Bonchev–Trinajstić information content (AvgIpc) is 2.97. The summed E-state index contributed by atoms with van der Waals surface area (Å²) < 4.78 is 16.0. The lowest BCUT2D eigenvalue weighted by Crippen LogP contribution is -2.29. The zero-order valence-electron chi connectivity index (χ0n) is 13.9. The molecule has 1 unspecified atom stereocenters. The lowest BCUT2D eigenvalue weighted by molar-refractivity contribution is -0.148. The third-order valence-corrected chi connectivity index (χ3v) is 3.63. The largest absolute Gasteiger partial charge is 0.496 e. The number of ether oxygens (including phenoxy) is 2. The minimum absolute atomic E-state index is 0.264. The van der Waals surface area contributed by atoms with E-state index in [0.29, 0.717) is 17.1 Å². The van der Waals surface area contributed by atoms with E-state index < -0.39 is 18.0 Å². The number of hydrogen-bond donors (Lipinski definition) is 1. The number of halogens is 1. The fourth-order valence-electron chi connectivity index (χ4n) is 1.91. The Morgan fingerprint density at radius 2 is 2.12 bits per heavy atom. The van der Waals surface area contributed by atoms with Crippen LogP contribution in [0.3, 0.4) is 0 Å². The first kappa shape index (κ1) is 18.7. The van der Waals surface area contributed by atoms with Crippen molar-refractivity contribution in [3.8, 4) is 5.75 Å². The van der Waals surface area contributed by atoms with E-state index in [2.05, 4.69) is 26.4 Å². The average molecular weight is 409 g/mol. The highest BCUT2D eigenvalue weighted by atomic mass is 79.9. The topological polar surface area (TPSA) is 90.7 Å². The van der Waals surface area contributed by atoms with E-state index in [9.17, 15) is 9.59 Å². The standard InChI is InChI=1S/C17H17BrN2O5/c1-10-8-15(20-25-10)19-17(22)11(2)24-16(21)7-4-12-9-13(18)5-6-14(12)23-3/h4-9,11H,1-3H3,(H,19,20,22)/b7-4+. The molecule has 0 radical (unpaired) electrons. The second-order valence-corrected chi connectivity index (χ2v) is 6.03. The second-order valence-electron chi connectivity index (χ2n) is 5.11. The van der Waals surface area contributed by atoms with Gasteiger partial charge in [0.25, 0.3) is 5.91 Å². The van der Waals surface area contributed by atoms with Gasteiger partial charge in [-0.1, -0.05) is 21.1 Å². The molecule has 1 aromatic carbocycles. The van der Waals surface area contributed by atoms with Crippen LogP contribution in [0.1, 0.15) is 18.2 Å². The van der Waals surface area contributed by atoms with E-state index in [1.807, 2.05) is 6.07 Å². The molecule has 0 spiro atoms. The van der Waals surface area contributed by atoms with Gasteiger partial charge in [0.15, 0.2) is 11.9 Å². The van der Waals surface area contributed by atoms with Gasteiger partial charge in [-0.05, 0) is 38.1 Å². The van der Waals surface area contributed by atoms with Gasteiger partial charge in [-0.25, -0.2) is 4.79 Å². The molecule has 1 N–H and O–H groups in total. The van der Waals surface area contributed by atoms with E-state index in [4.69, 9.17) is 14.0 Å².